The molecule has 1 aliphatic carbocycles. The minimum absolute atomic E-state index is 0.108. The fraction of sp³-hybridized carbons (Fsp3) is 0.375. The smallest absolute Gasteiger partial charge is 0.268 e. The summed E-state index contributed by atoms with van der Waals surface area (Å²) in [4.78, 5) is 16.5. The fourth-order valence-corrected chi connectivity index (χ4v) is 4.23. The summed E-state index contributed by atoms with van der Waals surface area (Å²) < 4.78 is 27.8. The van der Waals surface area contributed by atoms with Gasteiger partial charge in [0, 0.05) is 11.5 Å². The highest BCUT2D eigenvalue weighted by atomic mass is 16.6. The Balaban J connectivity index is 1.47. The number of rotatable bonds is 7. The third-order valence-electron chi connectivity index (χ3n) is 5.99. The van der Waals surface area contributed by atoms with Crippen molar-refractivity contribution in [3.8, 4) is 28.7 Å². The predicted octanol–water partition coefficient (Wildman–Crippen LogP) is 3.85. The number of hydrogen-bond acceptors (Lipinski definition) is 6. The number of methoxy groups -OCH3 is 3. The van der Waals surface area contributed by atoms with Gasteiger partial charge in [-0.25, -0.2) is 0 Å². The molecular formula is C24H26N2O6. The number of ether oxygens (including phenoxy) is 5. The molecule has 0 saturated heterocycles. The maximum Gasteiger partial charge on any atom is 0.268 e. The zero-order chi connectivity index (χ0) is 22.2. The standard InChI is InChI=1S/C24H26N2O6/c1-28-18-12-20(29-2)23(30-3)22-15(18)11-16(25-22)24(27)26-21(13-4-5-13)14-6-7-17-19(10-14)32-9-8-31-17/h6-7,10-13,21,25H,4-5,8-9H2,1-3H3,(H,26,27). The molecule has 168 valence electrons. The molecule has 1 amide bonds. The summed E-state index contributed by atoms with van der Waals surface area (Å²) in [5, 5.41) is 3.95. The molecule has 0 bridgehead atoms. The number of H-pyrrole nitrogens is 1. The topological polar surface area (TPSA) is 91.0 Å². The van der Waals surface area contributed by atoms with Crippen molar-refractivity contribution in [3.63, 3.8) is 0 Å². The van der Waals surface area contributed by atoms with Gasteiger partial charge in [-0.05, 0) is 42.5 Å². The summed E-state index contributed by atoms with van der Waals surface area (Å²) in [5.41, 5.74) is 2.09. The van der Waals surface area contributed by atoms with Gasteiger partial charge in [-0.15, -0.1) is 0 Å². The van der Waals surface area contributed by atoms with Crippen LogP contribution in [-0.2, 0) is 0 Å². The molecule has 2 N–H and O–H groups in total. The van der Waals surface area contributed by atoms with Crippen molar-refractivity contribution < 1.29 is 28.5 Å². The molecule has 2 aliphatic rings. The summed E-state index contributed by atoms with van der Waals surface area (Å²) in [6.45, 7) is 1.08. The van der Waals surface area contributed by atoms with Crippen molar-refractivity contribution in [2.75, 3.05) is 34.5 Å². The molecule has 2 aromatic carbocycles. The van der Waals surface area contributed by atoms with Crippen LogP contribution in [0.2, 0.25) is 0 Å². The van der Waals surface area contributed by atoms with Gasteiger partial charge < -0.3 is 34.0 Å². The number of hydrogen-bond donors (Lipinski definition) is 2. The second-order valence-corrected chi connectivity index (χ2v) is 7.98. The van der Waals surface area contributed by atoms with E-state index in [1.165, 1.54) is 0 Å². The number of benzene rings is 2. The summed E-state index contributed by atoms with van der Waals surface area (Å²) >= 11 is 0. The highest BCUT2D eigenvalue weighted by Crippen LogP contribution is 2.44. The van der Waals surface area contributed by atoms with Gasteiger partial charge in [-0.3, -0.25) is 4.79 Å². The molecule has 1 saturated carbocycles. The first-order valence-corrected chi connectivity index (χ1v) is 10.6. The van der Waals surface area contributed by atoms with E-state index in [0.29, 0.717) is 47.6 Å². The second kappa shape index (κ2) is 8.18. The number of fused-ring (bicyclic) bond motifs is 2. The highest BCUT2D eigenvalue weighted by molar-refractivity contribution is 6.02. The van der Waals surface area contributed by atoms with Crippen LogP contribution >= 0.6 is 0 Å². The van der Waals surface area contributed by atoms with E-state index >= 15 is 0 Å². The Hall–Kier alpha value is -3.55. The van der Waals surface area contributed by atoms with Crippen molar-refractivity contribution in [1.82, 2.24) is 10.3 Å². The molecule has 1 fully saturated rings. The fourth-order valence-electron chi connectivity index (χ4n) is 4.23. The molecule has 8 heteroatoms. The van der Waals surface area contributed by atoms with E-state index in [0.717, 1.165) is 35.3 Å². The van der Waals surface area contributed by atoms with Crippen LogP contribution in [0.4, 0.5) is 0 Å². The van der Waals surface area contributed by atoms with Gasteiger partial charge in [0.15, 0.2) is 23.0 Å². The van der Waals surface area contributed by atoms with Crippen LogP contribution in [-0.4, -0.2) is 45.4 Å². The molecule has 0 spiro atoms. The largest absolute Gasteiger partial charge is 0.496 e. The van der Waals surface area contributed by atoms with Crippen LogP contribution < -0.4 is 29.0 Å². The van der Waals surface area contributed by atoms with Gasteiger partial charge in [-0.2, -0.15) is 0 Å². The third kappa shape index (κ3) is 3.55. The Morgan fingerprint density at radius 3 is 2.44 bits per heavy atom. The average molecular weight is 438 g/mol. The Kier molecular flexibility index (Phi) is 5.20. The zero-order valence-electron chi connectivity index (χ0n) is 18.3. The van der Waals surface area contributed by atoms with E-state index in [1.807, 2.05) is 18.2 Å². The van der Waals surface area contributed by atoms with E-state index in [-0.39, 0.29) is 11.9 Å². The van der Waals surface area contributed by atoms with Gasteiger partial charge in [0.2, 0.25) is 0 Å². The first-order chi connectivity index (χ1) is 15.6. The van der Waals surface area contributed by atoms with Crippen LogP contribution in [0, 0.1) is 5.92 Å². The Bertz CT molecular complexity index is 1170. The lowest BCUT2D eigenvalue weighted by Gasteiger charge is -2.23. The van der Waals surface area contributed by atoms with E-state index in [9.17, 15) is 4.79 Å². The molecule has 1 unspecified atom stereocenters. The third-order valence-corrected chi connectivity index (χ3v) is 5.99. The van der Waals surface area contributed by atoms with Crippen molar-refractivity contribution >= 4 is 16.8 Å². The number of amides is 1. The number of aromatic amines is 1. The maximum absolute atomic E-state index is 13.3. The SMILES string of the molecule is COc1cc(OC)c2cc(C(=O)NC(c3ccc4c(c3)OCCO4)C3CC3)[nH]c2c1OC. The number of nitrogens with one attached hydrogen (secondary N) is 2. The summed E-state index contributed by atoms with van der Waals surface area (Å²) in [6.07, 6.45) is 2.15. The van der Waals surface area contributed by atoms with Crippen molar-refractivity contribution in [2.45, 2.75) is 18.9 Å². The van der Waals surface area contributed by atoms with Crippen LogP contribution in [0.1, 0.15) is 34.9 Å². The van der Waals surface area contributed by atoms with Gasteiger partial charge in [0.25, 0.3) is 5.91 Å². The van der Waals surface area contributed by atoms with E-state index in [4.69, 9.17) is 23.7 Å². The van der Waals surface area contributed by atoms with Crippen molar-refractivity contribution in [3.05, 3.63) is 41.6 Å². The number of carbonyl (C=O) groups is 1. The lowest BCUT2D eigenvalue weighted by atomic mass is 10.0. The highest BCUT2D eigenvalue weighted by Gasteiger charge is 2.34. The first-order valence-electron chi connectivity index (χ1n) is 10.6. The van der Waals surface area contributed by atoms with E-state index in [1.54, 1.807) is 33.5 Å². The zero-order valence-corrected chi connectivity index (χ0v) is 18.3. The van der Waals surface area contributed by atoms with Crippen LogP contribution in [0.3, 0.4) is 0 Å². The summed E-state index contributed by atoms with van der Waals surface area (Å²) in [6, 6.07) is 9.30. The Labute approximate surface area is 185 Å². The molecule has 0 radical (unpaired) electrons. The Morgan fingerprint density at radius 2 is 1.75 bits per heavy atom. The van der Waals surface area contributed by atoms with Crippen LogP contribution in [0.15, 0.2) is 30.3 Å². The molecule has 3 aromatic rings. The van der Waals surface area contributed by atoms with Crippen molar-refractivity contribution in [2.24, 2.45) is 5.92 Å². The predicted molar refractivity (Wildman–Crippen MR) is 118 cm³/mol. The number of aromatic nitrogens is 1. The normalized spacial score (nSPS) is 15.8. The molecule has 32 heavy (non-hydrogen) atoms. The minimum atomic E-state index is -0.198. The Morgan fingerprint density at radius 1 is 1.00 bits per heavy atom. The maximum atomic E-state index is 13.3. The molecule has 1 aliphatic heterocycles. The molecule has 8 nitrogen and oxygen atoms in total. The quantitative estimate of drug-likeness (QED) is 0.582. The van der Waals surface area contributed by atoms with Gasteiger partial charge in [-0.1, -0.05) is 6.07 Å². The van der Waals surface area contributed by atoms with E-state index < -0.39 is 0 Å². The molecule has 5 rings (SSSR count). The summed E-state index contributed by atoms with van der Waals surface area (Å²) in [5.74, 6) is 3.31. The van der Waals surface area contributed by atoms with Gasteiger partial charge in [0.1, 0.15) is 24.7 Å². The van der Waals surface area contributed by atoms with Crippen LogP contribution in [0.25, 0.3) is 10.9 Å². The first kappa shape index (κ1) is 20.4. The van der Waals surface area contributed by atoms with Crippen LogP contribution in [0.5, 0.6) is 28.7 Å². The molecular weight excluding hydrogens is 412 g/mol. The van der Waals surface area contributed by atoms with Crippen molar-refractivity contribution in [1.29, 1.82) is 0 Å². The van der Waals surface area contributed by atoms with Gasteiger partial charge in [0.05, 0.1) is 32.9 Å². The minimum Gasteiger partial charge on any atom is -0.496 e. The molecule has 1 atom stereocenters. The second-order valence-electron chi connectivity index (χ2n) is 7.98. The average Bonchev–Trinajstić information content (AvgIpc) is 3.57. The lowest BCUT2D eigenvalue weighted by Crippen LogP contribution is -2.30. The molecule has 2 heterocycles. The summed E-state index contributed by atoms with van der Waals surface area (Å²) in [7, 11) is 4.71. The van der Waals surface area contributed by atoms with E-state index in [2.05, 4.69) is 10.3 Å². The number of carbonyl (C=O) groups excluding carboxylic acids is 1. The molecule has 1 aromatic heterocycles. The monoisotopic (exact) mass is 438 g/mol. The lowest BCUT2D eigenvalue weighted by molar-refractivity contribution is 0.0927. The van der Waals surface area contributed by atoms with Gasteiger partial charge >= 0.3 is 0 Å².